The van der Waals surface area contributed by atoms with E-state index in [9.17, 15) is 14.7 Å². The zero-order chi connectivity index (χ0) is 20.7. The van der Waals surface area contributed by atoms with E-state index in [2.05, 4.69) is 10.3 Å². The van der Waals surface area contributed by atoms with Gasteiger partial charge in [0.25, 0.3) is 5.91 Å². The lowest BCUT2D eigenvalue weighted by atomic mass is 9.70. The summed E-state index contributed by atoms with van der Waals surface area (Å²) in [4.78, 5) is 29.8. The Morgan fingerprint density at radius 1 is 1.17 bits per heavy atom. The van der Waals surface area contributed by atoms with Crippen molar-refractivity contribution >= 4 is 11.8 Å². The number of rotatable bonds is 4. The number of benzene rings is 1. The summed E-state index contributed by atoms with van der Waals surface area (Å²) in [6, 6.07) is 9.54. The molecule has 1 aromatic heterocycles. The van der Waals surface area contributed by atoms with Crippen LogP contribution in [0.4, 0.5) is 0 Å². The highest BCUT2D eigenvalue weighted by atomic mass is 16.3. The second-order valence-corrected chi connectivity index (χ2v) is 8.97. The van der Waals surface area contributed by atoms with Gasteiger partial charge in [-0.05, 0) is 50.2 Å². The molecular formula is C22H27N5O3. The van der Waals surface area contributed by atoms with Crippen molar-refractivity contribution in [2.24, 2.45) is 11.3 Å². The smallest absolute Gasteiger partial charge is 0.276 e. The number of likely N-dealkylation sites (tertiary alicyclic amines) is 2. The summed E-state index contributed by atoms with van der Waals surface area (Å²) in [5.41, 5.74) is 0.615. The molecule has 2 aromatic rings. The molecule has 1 unspecified atom stereocenters. The van der Waals surface area contributed by atoms with Gasteiger partial charge in [-0.1, -0.05) is 23.4 Å². The van der Waals surface area contributed by atoms with Crippen molar-refractivity contribution in [3.05, 3.63) is 42.2 Å². The maximum absolute atomic E-state index is 13.2. The summed E-state index contributed by atoms with van der Waals surface area (Å²) in [7, 11) is 0. The summed E-state index contributed by atoms with van der Waals surface area (Å²) in [6.07, 6.45) is 5.20. The summed E-state index contributed by atoms with van der Waals surface area (Å²) in [6.45, 7) is 2.20. The van der Waals surface area contributed by atoms with Crippen LogP contribution in [0.2, 0.25) is 0 Å². The van der Waals surface area contributed by atoms with E-state index >= 15 is 0 Å². The van der Waals surface area contributed by atoms with E-state index in [4.69, 9.17) is 0 Å². The van der Waals surface area contributed by atoms with Crippen molar-refractivity contribution in [1.29, 1.82) is 0 Å². The highest BCUT2D eigenvalue weighted by Gasteiger charge is 2.49. The van der Waals surface area contributed by atoms with Gasteiger partial charge in [-0.3, -0.25) is 9.59 Å². The van der Waals surface area contributed by atoms with Gasteiger partial charge in [-0.25, -0.2) is 4.68 Å². The van der Waals surface area contributed by atoms with Gasteiger partial charge in [0.05, 0.1) is 23.4 Å². The summed E-state index contributed by atoms with van der Waals surface area (Å²) in [5, 5.41) is 18.6. The van der Waals surface area contributed by atoms with Crippen LogP contribution in [0.25, 0.3) is 5.69 Å². The molecule has 3 heterocycles. The molecule has 2 aliphatic heterocycles. The summed E-state index contributed by atoms with van der Waals surface area (Å²) < 4.78 is 1.59. The predicted octanol–water partition coefficient (Wildman–Crippen LogP) is 1.49. The first-order valence-electron chi connectivity index (χ1n) is 10.8. The number of aliphatic hydroxyl groups excluding tert-OH is 1. The van der Waals surface area contributed by atoms with Crippen molar-refractivity contribution in [1.82, 2.24) is 24.8 Å². The van der Waals surface area contributed by atoms with Crippen LogP contribution in [-0.4, -0.2) is 74.0 Å². The van der Waals surface area contributed by atoms with Gasteiger partial charge in [-0.2, -0.15) is 0 Å². The van der Waals surface area contributed by atoms with Crippen molar-refractivity contribution in [3.8, 4) is 5.69 Å². The average Bonchev–Trinajstić information content (AvgIpc) is 3.44. The van der Waals surface area contributed by atoms with Gasteiger partial charge in [-0.15, -0.1) is 5.10 Å². The number of aliphatic hydroxyl groups is 1. The Labute approximate surface area is 175 Å². The number of para-hydroxylation sites is 1. The standard InChI is InChI=1S/C22H27N5O3/c28-18-12-22(21(30)26(14-18)13-16-6-7-16)8-10-25(11-9-22)20(29)19-15-27(24-23-19)17-4-2-1-3-5-17/h1-5,15-16,18,28H,6-14H2. The molecule has 2 saturated heterocycles. The van der Waals surface area contributed by atoms with Crippen LogP contribution in [0.5, 0.6) is 0 Å². The van der Waals surface area contributed by atoms with Crippen molar-refractivity contribution < 1.29 is 14.7 Å². The molecule has 0 radical (unpaired) electrons. The van der Waals surface area contributed by atoms with Crippen molar-refractivity contribution in [3.63, 3.8) is 0 Å². The van der Waals surface area contributed by atoms with Crippen LogP contribution >= 0.6 is 0 Å². The number of aromatic nitrogens is 3. The van der Waals surface area contributed by atoms with E-state index in [1.54, 1.807) is 15.8 Å². The third-order valence-corrected chi connectivity index (χ3v) is 6.71. The second kappa shape index (κ2) is 7.50. The fraction of sp³-hybridized carbons (Fsp3) is 0.545. The second-order valence-electron chi connectivity index (χ2n) is 8.97. The Morgan fingerprint density at radius 3 is 2.60 bits per heavy atom. The molecule has 3 aliphatic rings. The number of carbonyl (C=O) groups excluding carboxylic acids is 2. The molecule has 2 amide bonds. The first-order chi connectivity index (χ1) is 14.5. The molecule has 1 aromatic carbocycles. The first kappa shape index (κ1) is 19.2. The highest BCUT2D eigenvalue weighted by Crippen LogP contribution is 2.42. The lowest BCUT2D eigenvalue weighted by Crippen LogP contribution is -2.58. The third kappa shape index (κ3) is 3.60. The van der Waals surface area contributed by atoms with Gasteiger partial charge < -0.3 is 14.9 Å². The molecule has 0 bridgehead atoms. The van der Waals surface area contributed by atoms with E-state index in [1.807, 2.05) is 35.2 Å². The number of hydrogen-bond acceptors (Lipinski definition) is 5. The fourth-order valence-corrected chi connectivity index (χ4v) is 4.83. The Morgan fingerprint density at radius 2 is 1.90 bits per heavy atom. The van der Waals surface area contributed by atoms with E-state index < -0.39 is 11.5 Å². The van der Waals surface area contributed by atoms with Gasteiger partial charge >= 0.3 is 0 Å². The number of hydrogen-bond donors (Lipinski definition) is 1. The molecule has 1 aliphatic carbocycles. The number of nitrogens with zero attached hydrogens (tertiary/aromatic N) is 5. The number of carbonyl (C=O) groups is 2. The molecule has 8 heteroatoms. The average molecular weight is 409 g/mol. The Balaban J connectivity index is 1.25. The minimum atomic E-state index is -0.537. The van der Waals surface area contributed by atoms with Crippen LogP contribution in [0.1, 0.15) is 42.6 Å². The van der Waals surface area contributed by atoms with Gasteiger partial charge in [0.15, 0.2) is 5.69 Å². The maximum Gasteiger partial charge on any atom is 0.276 e. The van der Waals surface area contributed by atoms with Crippen LogP contribution in [0.15, 0.2) is 36.5 Å². The van der Waals surface area contributed by atoms with Gasteiger partial charge in [0.2, 0.25) is 5.91 Å². The molecule has 5 rings (SSSR count). The lowest BCUT2D eigenvalue weighted by Gasteiger charge is -2.47. The zero-order valence-electron chi connectivity index (χ0n) is 17.0. The van der Waals surface area contributed by atoms with E-state index in [-0.39, 0.29) is 11.8 Å². The van der Waals surface area contributed by atoms with Gasteiger partial charge in [0, 0.05) is 26.2 Å². The molecular weight excluding hydrogens is 382 g/mol. The molecule has 3 fully saturated rings. The summed E-state index contributed by atoms with van der Waals surface area (Å²) >= 11 is 0. The maximum atomic E-state index is 13.2. The molecule has 1 atom stereocenters. The largest absolute Gasteiger partial charge is 0.391 e. The SMILES string of the molecule is O=C(c1cn(-c2ccccc2)nn1)N1CCC2(CC1)CC(O)CN(CC1CC1)C2=O. The number of piperidine rings is 2. The summed E-state index contributed by atoms with van der Waals surface area (Å²) in [5.74, 6) is 0.609. The Hall–Kier alpha value is -2.74. The lowest BCUT2D eigenvalue weighted by molar-refractivity contribution is -0.156. The Kier molecular flexibility index (Phi) is 4.81. The first-order valence-corrected chi connectivity index (χ1v) is 10.8. The molecule has 1 spiro atoms. The molecule has 8 nitrogen and oxygen atoms in total. The molecule has 30 heavy (non-hydrogen) atoms. The van der Waals surface area contributed by atoms with Crippen LogP contribution in [0.3, 0.4) is 0 Å². The minimum absolute atomic E-state index is 0.161. The quantitative estimate of drug-likeness (QED) is 0.826. The molecule has 1 saturated carbocycles. The van der Waals surface area contributed by atoms with E-state index in [1.165, 1.54) is 12.8 Å². The van der Waals surface area contributed by atoms with Crippen molar-refractivity contribution in [2.75, 3.05) is 26.2 Å². The topological polar surface area (TPSA) is 91.6 Å². The van der Waals surface area contributed by atoms with Crippen molar-refractivity contribution in [2.45, 2.75) is 38.2 Å². The highest BCUT2D eigenvalue weighted by molar-refractivity contribution is 5.92. The molecule has 158 valence electrons. The number of β-amino-alcohol motifs (C(OH)–C–C–N with tert-alkyl or cyclic N) is 1. The normalized spacial score (nSPS) is 23.8. The van der Waals surface area contributed by atoms with Crippen LogP contribution < -0.4 is 0 Å². The minimum Gasteiger partial charge on any atom is -0.391 e. The van der Waals surface area contributed by atoms with E-state index in [0.717, 1.165) is 12.2 Å². The van der Waals surface area contributed by atoms with E-state index in [0.29, 0.717) is 50.5 Å². The zero-order valence-corrected chi connectivity index (χ0v) is 17.0. The fourth-order valence-electron chi connectivity index (χ4n) is 4.83. The number of amides is 2. The van der Waals surface area contributed by atoms with Gasteiger partial charge in [0.1, 0.15) is 0 Å². The Bertz CT molecular complexity index is 929. The van der Waals surface area contributed by atoms with Crippen LogP contribution in [-0.2, 0) is 4.79 Å². The predicted molar refractivity (Wildman–Crippen MR) is 109 cm³/mol. The van der Waals surface area contributed by atoms with Crippen LogP contribution in [0, 0.1) is 11.3 Å². The monoisotopic (exact) mass is 409 g/mol. The third-order valence-electron chi connectivity index (χ3n) is 6.71. The molecule has 1 N–H and O–H groups in total.